The first kappa shape index (κ1) is 10.1. The van der Waals surface area contributed by atoms with Gasteiger partial charge < -0.3 is 20.3 Å². The molecule has 1 unspecified atom stereocenters. The third-order valence-corrected chi connectivity index (χ3v) is 2.58. The molecular weight excluding hydrogens is 194 g/mol. The van der Waals surface area contributed by atoms with Crippen molar-refractivity contribution in [2.45, 2.75) is 25.8 Å². The molecule has 15 heavy (non-hydrogen) atoms. The molecule has 2 rings (SSSR count). The summed E-state index contributed by atoms with van der Waals surface area (Å²) in [5.41, 5.74) is 6.65. The van der Waals surface area contributed by atoms with E-state index in [1.54, 1.807) is 12.1 Å². The molecule has 0 saturated heterocycles. The first-order chi connectivity index (χ1) is 7.20. The van der Waals surface area contributed by atoms with Crippen molar-refractivity contribution in [2.24, 2.45) is 5.73 Å². The fraction of sp³-hybridized carbons (Fsp3) is 0.455. The molecule has 1 aliphatic heterocycles. The number of benzene rings is 1. The highest BCUT2D eigenvalue weighted by Crippen LogP contribution is 2.37. The average molecular weight is 209 g/mol. The number of fused-ring (bicyclic) bond motifs is 1. The van der Waals surface area contributed by atoms with E-state index in [1.165, 1.54) is 0 Å². The molecule has 1 aliphatic rings. The third kappa shape index (κ3) is 1.99. The van der Waals surface area contributed by atoms with Crippen molar-refractivity contribution in [3.05, 3.63) is 17.7 Å². The summed E-state index contributed by atoms with van der Waals surface area (Å²) in [6, 6.07) is 3.45. The van der Waals surface area contributed by atoms with E-state index in [4.69, 9.17) is 15.2 Å². The Balaban J connectivity index is 2.24. The maximum absolute atomic E-state index is 9.73. The highest BCUT2D eigenvalue weighted by Gasteiger charge is 2.17. The van der Waals surface area contributed by atoms with Gasteiger partial charge in [-0.2, -0.15) is 0 Å². The SMILES string of the molecule is CCC(N)Cc1cc2c(cc1O)OCO2. The van der Waals surface area contributed by atoms with Crippen LogP contribution in [0.25, 0.3) is 0 Å². The number of hydrogen-bond donors (Lipinski definition) is 2. The Labute approximate surface area is 88.6 Å². The molecule has 1 atom stereocenters. The number of hydrogen-bond acceptors (Lipinski definition) is 4. The maximum atomic E-state index is 9.73. The van der Waals surface area contributed by atoms with Crippen molar-refractivity contribution in [3.63, 3.8) is 0 Å². The minimum Gasteiger partial charge on any atom is -0.508 e. The van der Waals surface area contributed by atoms with Gasteiger partial charge in [0.05, 0.1) is 0 Å². The second-order valence-electron chi connectivity index (χ2n) is 3.71. The van der Waals surface area contributed by atoms with Gasteiger partial charge in [0.15, 0.2) is 11.5 Å². The molecule has 0 fully saturated rings. The summed E-state index contributed by atoms with van der Waals surface area (Å²) in [7, 11) is 0. The Morgan fingerprint density at radius 1 is 1.40 bits per heavy atom. The maximum Gasteiger partial charge on any atom is 0.231 e. The van der Waals surface area contributed by atoms with Gasteiger partial charge in [-0.3, -0.25) is 0 Å². The van der Waals surface area contributed by atoms with Gasteiger partial charge in [0.2, 0.25) is 6.79 Å². The lowest BCUT2D eigenvalue weighted by molar-refractivity contribution is 0.174. The molecule has 1 aromatic carbocycles. The van der Waals surface area contributed by atoms with Crippen molar-refractivity contribution in [3.8, 4) is 17.2 Å². The molecule has 4 heteroatoms. The summed E-state index contributed by atoms with van der Waals surface area (Å²) in [6.07, 6.45) is 1.53. The van der Waals surface area contributed by atoms with E-state index < -0.39 is 0 Å². The summed E-state index contributed by atoms with van der Waals surface area (Å²) < 4.78 is 10.4. The van der Waals surface area contributed by atoms with Gasteiger partial charge in [0.1, 0.15) is 5.75 Å². The Morgan fingerprint density at radius 2 is 2.07 bits per heavy atom. The van der Waals surface area contributed by atoms with Crippen molar-refractivity contribution < 1.29 is 14.6 Å². The minimum atomic E-state index is 0.0660. The second-order valence-corrected chi connectivity index (χ2v) is 3.71. The Kier molecular flexibility index (Phi) is 2.68. The van der Waals surface area contributed by atoms with Gasteiger partial charge in [-0.05, 0) is 24.5 Å². The summed E-state index contributed by atoms with van der Waals surface area (Å²) in [5, 5.41) is 9.73. The molecule has 3 N–H and O–H groups in total. The summed E-state index contributed by atoms with van der Waals surface area (Å²) in [4.78, 5) is 0. The van der Waals surface area contributed by atoms with E-state index in [-0.39, 0.29) is 18.6 Å². The van der Waals surface area contributed by atoms with Crippen LogP contribution in [0.4, 0.5) is 0 Å². The van der Waals surface area contributed by atoms with Gasteiger partial charge in [-0.15, -0.1) is 0 Å². The van der Waals surface area contributed by atoms with Gasteiger partial charge in [-0.1, -0.05) is 6.92 Å². The molecule has 1 heterocycles. The molecule has 4 nitrogen and oxygen atoms in total. The minimum absolute atomic E-state index is 0.0660. The third-order valence-electron chi connectivity index (χ3n) is 2.58. The number of aromatic hydroxyl groups is 1. The predicted octanol–water partition coefficient (Wildman–Crippen LogP) is 1.40. The lowest BCUT2D eigenvalue weighted by Gasteiger charge is -2.10. The zero-order valence-corrected chi connectivity index (χ0v) is 8.69. The van der Waals surface area contributed by atoms with Crippen LogP contribution in [0.1, 0.15) is 18.9 Å². The zero-order chi connectivity index (χ0) is 10.8. The fourth-order valence-corrected chi connectivity index (χ4v) is 1.56. The number of phenols is 1. The number of nitrogens with two attached hydrogens (primary N) is 1. The quantitative estimate of drug-likeness (QED) is 0.789. The molecule has 0 saturated carbocycles. The van der Waals surface area contributed by atoms with Crippen molar-refractivity contribution in [1.82, 2.24) is 0 Å². The zero-order valence-electron chi connectivity index (χ0n) is 8.69. The standard InChI is InChI=1S/C11H15NO3/c1-2-8(12)3-7-4-10-11(5-9(7)13)15-6-14-10/h4-5,8,13H,2-3,6,12H2,1H3. The molecular formula is C11H15NO3. The van der Waals surface area contributed by atoms with Crippen LogP contribution in [-0.4, -0.2) is 17.9 Å². The number of ether oxygens (including phenoxy) is 2. The molecule has 82 valence electrons. The first-order valence-electron chi connectivity index (χ1n) is 5.07. The van der Waals surface area contributed by atoms with Crippen LogP contribution in [0.15, 0.2) is 12.1 Å². The highest BCUT2D eigenvalue weighted by atomic mass is 16.7. The normalized spacial score (nSPS) is 15.3. The van der Waals surface area contributed by atoms with Crippen molar-refractivity contribution in [2.75, 3.05) is 6.79 Å². The van der Waals surface area contributed by atoms with E-state index in [1.807, 2.05) is 6.92 Å². The largest absolute Gasteiger partial charge is 0.508 e. The van der Waals surface area contributed by atoms with Crippen LogP contribution < -0.4 is 15.2 Å². The molecule has 0 spiro atoms. The van der Waals surface area contributed by atoms with E-state index in [0.717, 1.165) is 12.0 Å². The van der Waals surface area contributed by atoms with Crippen LogP contribution in [0.3, 0.4) is 0 Å². The number of rotatable bonds is 3. The van der Waals surface area contributed by atoms with Crippen molar-refractivity contribution in [1.29, 1.82) is 0 Å². The van der Waals surface area contributed by atoms with E-state index in [9.17, 15) is 5.11 Å². The Hall–Kier alpha value is -1.42. The van der Waals surface area contributed by atoms with Crippen molar-refractivity contribution >= 4 is 0 Å². The van der Waals surface area contributed by atoms with E-state index >= 15 is 0 Å². The second kappa shape index (κ2) is 3.98. The fourth-order valence-electron chi connectivity index (χ4n) is 1.56. The molecule has 1 aromatic rings. The van der Waals surface area contributed by atoms with Crippen LogP contribution in [0, 0.1) is 0 Å². The summed E-state index contributed by atoms with van der Waals surface area (Å²) in [6.45, 7) is 2.24. The Morgan fingerprint density at radius 3 is 2.73 bits per heavy atom. The van der Waals surface area contributed by atoms with E-state index in [2.05, 4.69) is 0 Å². The van der Waals surface area contributed by atoms with Gasteiger partial charge in [0, 0.05) is 12.1 Å². The molecule has 0 amide bonds. The van der Waals surface area contributed by atoms with Crippen LogP contribution in [0.2, 0.25) is 0 Å². The Bertz CT molecular complexity index is 365. The predicted molar refractivity (Wildman–Crippen MR) is 56.2 cm³/mol. The molecule has 0 radical (unpaired) electrons. The van der Waals surface area contributed by atoms with Crippen LogP contribution >= 0.6 is 0 Å². The topological polar surface area (TPSA) is 64.7 Å². The first-order valence-corrected chi connectivity index (χ1v) is 5.07. The van der Waals surface area contributed by atoms with Gasteiger partial charge in [-0.25, -0.2) is 0 Å². The van der Waals surface area contributed by atoms with Crippen LogP contribution in [0.5, 0.6) is 17.2 Å². The molecule has 0 aromatic heterocycles. The van der Waals surface area contributed by atoms with Gasteiger partial charge >= 0.3 is 0 Å². The van der Waals surface area contributed by atoms with Crippen LogP contribution in [-0.2, 0) is 6.42 Å². The van der Waals surface area contributed by atoms with Gasteiger partial charge in [0.25, 0.3) is 0 Å². The number of phenolic OH excluding ortho intramolecular Hbond substituents is 1. The van der Waals surface area contributed by atoms with E-state index in [0.29, 0.717) is 17.9 Å². The summed E-state index contributed by atoms with van der Waals surface area (Å²) in [5.74, 6) is 1.51. The lowest BCUT2D eigenvalue weighted by atomic mass is 10.0. The average Bonchev–Trinajstić information content (AvgIpc) is 2.65. The molecule has 0 aliphatic carbocycles. The monoisotopic (exact) mass is 209 g/mol. The lowest BCUT2D eigenvalue weighted by Crippen LogP contribution is -2.21. The summed E-state index contributed by atoms with van der Waals surface area (Å²) >= 11 is 0. The smallest absolute Gasteiger partial charge is 0.231 e. The highest BCUT2D eigenvalue weighted by molar-refractivity contribution is 5.51. The molecule has 0 bridgehead atoms.